The van der Waals surface area contributed by atoms with Crippen LogP contribution in [0.4, 0.5) is 34.1 Å². The fourth-order valence-corrected chi connectivity index (χ4v) is 2.68. The Morgan fingerprint density at radius 2 is 1.19 bits per heavy atom. The Balaban J connectivity index is 0.000000273. The Bertz CT molecular complexity index is 909. The molecule has 0 aliphatic rings. The van der Waals surface area contributed by atoms with Crippen molar-refractivity contribution >= 4 is 34.1 Å². The van der Waals surface area contributed by atoms with Gasteiger partial charge in [-0.05, 0) is 92.4 Å². The third kappa shape index (κ3) is 4.85. The lowest BCUT2D eigenvalue weighted by molar-refractivity contribution is 1.21. The summed E-state index contributed by atoms with van der Waals surface area (Å²) in [4.78, 5) is 0. The summed E-state index contributed by atoms with van der Waals surface area (Å²) in [6.45, 7) is 8.53. The van der Waals surface area contributed by atoms with Gasteiger partial charge in [0.25, 0.3) is 0 Å². The minimum absolute atomic E-state index is 0.595. The normalized spacial score (nSPS) is 10.1. The van der Waals surface area contributed by atoms with Crippen molar-refractivity contribution in [2.45, 2.75) is 27.7 Å². The van der Waals surface area contributed by atoms with E-state index in [4.69, 9.17) is 22.9 Å². The van der Waals surface area contributed by atoms with E-state index in [1.165, 1.54) is 22.3 Å². The van der Waals surface area contributed by atoms with Gasteiger partial charge in [-0.2, -0.15) is 0 Å². The van der Waals surface area contributed by atoms with Crippen LogP contribution in [0.2, 0.25) is 0 Å². The molecule has 0 fully saturated rings. The molecular weight excluding hydrogens is 334 g/mol. The van der Waals surface area contributed by atoms with Gasteiger partial charge in [-0.15, -0.1) is 0 Å². The van der Waals surface area contributed by atoms with Gasteiger partial charge in [-0.1, -0.05) is 6.07 Å². The molecular formula is C22H29N5. The molecule has 0 heterocycles. The Morgan fingerprint density at radius 3 is 1.74 bits per heavy atom. The Hall–Kier alpha value is -3.34. The van der Waals surface area contributed by atoms with E-state index >= 15 is 0 Å². The van der Waals surface area contributed by atoms with Crippen LogP contribution in [-0.2, 0) is 0 Å². The molecule has 27 heavy (non-hydrogen) atoms. The van der Waals surface area contributed by atoms with Gasteiger partial charge in [0.05, 0.1) is 17.1 Å². The van der Waals surface area contributed by atoms with Crippen molar-refractivity contribution in [1.82, 2.24) is 0 Å². The van der Waals surface area contributed by atoms with E-state index in [1.807, 2.05) is 12.1 Å². The molecule has 0 aliphatic heterocycles. The van der Waals surface area contributed by atoms with E-state index in [-0.39, 0.29) is 0 Å². The van der Waals surface area contributed by atoms with Crippen molar-refractivity contribution in [1.29, 1.82) is 0 Å². The lowest BCUT2D eigenvalue weighted by Gasteiger charge is -2.17. The Kier molecular flexibility index (Phi) is 6.19. The lowest BCUT2D eigenvalue weighted by atomic mass is 9.97. The summed E-state index contributed by atoms with van der Waals surface area (Å²) in [5.74, 6) is 0. The smallest absolute Gasteiger partial charge is 0.0786 e. The number of hydrogen-bond donors (Lipinski definition) is 5. The molecule has 0 saturated carbocycles. The number of nitrogens with one attached hydrogen (secondary N) is 1. The molecule has 3 aromatic rings. The number of nitrogens with two attached hydrogens (primary N) is 4. The SMILES string of the molecule is Cc1cc(Nc2cccc(N)c2N)c(C)c(C)c1C.Nc1ccc(N)cc1. The van der Waals surface area contributed by atoms with E-state index in [9.17, 15) is 0 Å². The van der Waals surface area contributed by atoms with Gasteiger partial charge in [0.1, 0.15) is 0 Å². The van der Waals surface area contributed by atoms with E-state index in [0.717, 1.165) is 22.7 Å². The molecule has 0 amide bonds. The topological polar surface area (TPSA) is 116 Å². The molecule has 0 radical (unpaired) electrons. The highest BCUT2D eigenvalue weighted by molar-refractivity contribution is 5.82. The lowest BCUT2D eigenvalue weighted by Crippen LogP contribution is -2.03. The monoisotopic (exact) mass is 363 g/mol. The molecule has 3 rings (SSSR count). The molecule has 0 spiro atoms. The average Bonchev–Trinajstić information content (AvgIpc) is 2.64. The zero-order valence-corrected chi connectivity index (χ0v) is 16.4. The van der Waals surface area contributed by atoms with Crippen molar-refractivity contribution in [2.75, 3.05) is 28.3 Å². The maximum atomic E-state index is 6.00. The summed E-state index contributed by atoms with van der Waals surface area (Å²) in [7, 11) is 0. The van der Waals surface area contributed by atoms with Gasteiger partial charge in [-0.3, -0.25) is 0 Å². The molecule has 9 N–H and O–H groups in total. The van der Waals surface area contributed by atoms with Gasteiger partial charge in [0.2, 0.25) is 0 Å². The molecule has 0 unspecified atom stereocenters. The summed E-state index contributed by atoms with van der Waals surface area (Å²) in [5, 5.41) is 3.39. The standard InChI is InChI=1S/C16H21N3.C6H8N2/c1-9-8-15(12(4)11(3)10(9)2)19-14-7-5-6-13(17)16(14)18;7-5-1-2-6(8)4-3-5/h5-8,19H,17-18H2,1-4H3;1-4H,7-8H2. The summed E-state index contributed by atoms with van der Waals surface area (Å²) in [6.07, 6.45) is 0. The van der Waals surface area contributed by atoms with E-state index in [1.54, 1.807) is 30.3 Å². The van der Waals surface area contributed by atoms with Gasteiger partial charge in [-0.25, -0.2) is 0 Å². The molecule has 142 valence electrons. The second-order valence-electron chi connectivity index (χ2n) is 6.72. The molecule has 0 saturated heterocycles. The van der Waals surface area contributed by atoms with E-state index in [2.05, 4.69) is 39.1 Å². The number of anilines is 6. The minimum atomic E-state index is 0.595. The Labute approximate surface area is 161 Å². The number of hydrogen-bond acceptors (Lipinski definition) is 5. The van der Waals surface area contributed by atoms with Crippen molar-refractivity contribution in [2.24, 2.45) is 0 Å². The highest BCUT2D eigenvalue weighted by Crippen LogP contribution is 2.32. The van der Waals surface area contributed by atoms with Crippen LogP contribution in [0.1, 0.15) is 22.3 Å². The number of nitrogen functional groups attached to an aromatic ring is 4. The molecule has 0 bridgehead atoms. The first-order valence-corrected chi connectivity index (χ1v) is 8.80. The predicted molar refractivity (Wildman–Crippen MR) is 119 cm³/mol. The molecule has 0 atom stereocenters. The fourth-order valence-electron chi connectivity index (χ4n) is 2.68. The zero-order valence-electron chi connectivity index (χ0n) is 16.4. The van der Waals surface area contributed by atoms with Crippen LogP contribution < -0.4 is 28.3 Å². The third-order valence-electron chi connectivity index (χ3n) is 4.83. The van der Waals surface area contributed by atoms with Crippen LogP contribution in [0.5, 0.6) is 0 Å². The van der Waals surface area contributed by atoms with Crippen LogP contribution in [0.3, 0.4) is 0 Å². The van der Waals surface area contributed by atoms with Crippen LogP contribution in [-0.4, -0.2) is 0 Å². The average molecular weight is 364 g/mol. The maximum absolute atomic E-state index is 6.00. The van der Waals surface area contributed by atoms with Crippen molar-refractivity contribution in [3.05, 3.63) is 70.8 Å². The Morgan fingerprint density at radius 1 is 0.630 bits per heavy atom. The van der Waals surface area contributed by atoms with Gasteiger partial charge < -0.3 is 28.3 Å². The van der Waals surface area contributed by atoms with Crippen molar-refractivity contribution in [3.8, 4) is 0 Å². The first-order valence-electron chi connectivity index (χ1n) is 8.80. The largest absolute Gasteiger partial charge is 0.399 e. The highest BCUT2D eigenvalue weighted by Gasteiger charge is 2.09. The summed E-state index contributed by atoms with van der Waals surface area (Å²) in [5.41, 5.74) is 32.4. The minimum Gasteiger partial charge on any atom is -0.399 e. The van der Waals surface area contributed by atoms with Gasteiger partial charge >= 0.3 is 0 Å². The van der Waals surface area contributed by atoms with Crippen LogP contribution in [0, 0.1) is 27.7 Å². The number of benzene rings is 3. The molecule has 0 aromatic heterocycles. The summed E-state index contributed by atoms with van der Waals surface area (Å²) < 4.78 is 0. The van der Waals surface area contributed by atoms with Gasteiger partial charge in [0, 0.05) is 17.1 Å². The van der Waals surface area contributed by atoms with Crippen molar-refractivity contribution < 1.29 is 0 Å². The number of rotatable bonds is 2. The highest BCUT2D eigenvalue weighted by atomic mass is 14.9. The predicted octanol–water partition coefficient (Wildman–Crippen LogP) is 4.68. The molecule has 0 aliphatic carbocycles. The van der Waals surface area contributed by atoms with Crippen molar-refractivity contribution in [3.63, 3.8) is 0 Å². The maximum Gasteiger partial charge on any atom is 0.0786 e. The van der Waals surface area contributed by atoms with Crippen LogP contribution >= 0.6 is 0 Å². The quantitative estimate of drug-likeness (QED) is 0.424. The fraction of sp³-hybridized carbons (Fsp3) is 0.182. The number of aryl methyl sites for hydroxylation is 1. The molecule has 5 nitrogen and oxygen atoms in total. The second kappa shape index (κ2) is 8.36. The molecule has 3 aromatic carbocycles. The third-order valence-corrected chi connectivity index (χ3v) is 4.83. The summed E-state index contributed by atoms with van der Waals surface area (Å²) in [6, 6.07) is 14.9. The first kappa shape index (κ1) is 20.0. The second-order valence-corrected chi connectivity index (χ2v) is 6.72. The molecule has 5 heteroatoms. The zero-order chi connectivity index (χ0) is 20.1. The van der Waals surface area contributed by atoms with Crippen LogP contribution in [0.15, 0.2) is 48.5 Å². The van der Waals surface area contributed by atoms with E-state index < -0.39 is 0 Å². The van der Waals surface area contributed by atoms with Gasteiger partial charge in [0.15, 0.2) is 0 Å². The number of para-hydroxylation sites is 1. The van der Waals surface area contributed by atoms with E-state index in [0.29, 0.717) is 11.4 Å². The van der Waals surface area contributed by atoms with Crippen LogP contribution in [0.25, 0.3) is 0 Å². The summed E-state index contributed by atoms with van der Waals surface area (Å²) >= 11 is 0. The first-order chi connectivity index (χ1) is 12.7.